The van der Waals surface area contributed by atoms with Crippen LogP contribution in [0.15, 0.2) is 12.4 Å². The monoisotopic (exact) mass is 250 g/mol. The summed E-state index contributed by atoms with van der Waals surface area (Å²) in [6.07, 6.45) is 3.06. The fraction of sp³-hybridized carbons (Fsp3) is 0.583. The zero-order chi connectivity index (χ0) is 13.4. The average Bonchev–Trinajstić information content (AvgIpc) is 2.40. The van der Waals surface area contributed by atoms with E-state index >= 15 is 0 Å². The van der Waals surface area contributed by atoms with Gasteiger partial charge < -0.3 is 14.4 Å². The molecule has 0 bridgehead atoms. The number of nitriles is 1. The van der Waals surface area contributed by atoms with Gasteiger partial charge in [0.1, 0.15) is 11.9 Å². The Kier molecular flexibility index (Phi) is 6.05. The van der Waals surface area contributed by atoms with E-state index < -0.39 is 0 Å². The highest BCUT2D eigenvalue weighted by Gasteiger charge is 2.15. The van der Waals surface area contributed by atoms with Crippen molar-refractivity contribution in [2.75, 3.05) is 38.9 Å². The minimum Gasteiger partial charge on any atom is -0.383 e. The number of nitrogens with zero attached hydrogens (tertiary/aromatic N) is 4. The molecule has 6 nitrogen and oxygen atoms in total. The largest absolute Gasteiger partial charge is 0.383 e. The number of hydrogen-bond acceptors (Lipinski definition) is 6. The summed E-state index contributed by atoms with van der Waals surface area (Å²) in [6.45, 7) is 3.92. The van der Waals surface area contributed by atoms with Gasteiger partial charge in [0.2, 0.25) is 0 Å². The molecule has 18 heavy (non-hydrogen) atoms. The molecule has 0 spiro atoms. The van der Waals surface area contributed by atoms with Gasteiger partial charge in [-0.05, 0) is 6.92 Å². The Hall–Kier alpha value is -1.71. The molecule has 1 atom stereocenters. The maximum atomic E-state index is 8.70. The van der Waals surface area contributed by atoms with Crippen molar-refractivity contribution >= 4 is 5.82 Å². The van der Waals surface area contributed by atoms with Crippen molar-refractivity contribution in [3.63, 3.8) is 0 Å². The molecule has 0 radical (unpaired) electrons. The topological polar surface area (TPSA) is 71.3 Å². The molecule has 98 valence electrons. The van der Waals surface area contributed by atoms with E-state index in [2.05, 4.69) is 9.97 Å². The first-order valence-corrected chi connectivity index (χ1v) is 5.69. The van der Waals surface area contributed by atoms with Gasteiger partial charge in [0.15, 0.2) is 5.69 Å². The highest BCUT2D eigenvalue weighted by atomic mass is 16.5. The summed E-state index contributed by atoms with van der Waals surface area (Å²) in [5.41, 5.74) is 0.310. The second kappa shape index (κ2) is 7.58. The van der Waals surface area contributed by atoms with Crippen LogP contribution in [0.3, 0.4) is 0 Å². The Morgan fingerprint density at radius 2 is 2.11 bits per heavy atom. The van der Waals surface area contributed by atoms with Gasteiger partial charge in [-0.2, -0.15) is 5.26 Å². The predicted molar refractivity (Wildman–Crippen MR) is 67.3 cm³/mol. The number of anilines is 1. The molecule has 0 amide bonds. The van der Waals surface area contributed by atoms with Crippen LogP contribution in [0, 0.1) is 11.3 Å². The number of ether oxygens (including phenoxy) is 2. The summed E-state index contributed by atoms with van der Waals surface area (Å²) in [5, 5.41) is 8.70. The van der Waals surface area contributed by atoms with E-state index in [9.17, 15) is 0 Å². The third-order valence-electron chi connectivity index (χ3n) is 2.52. The molecule has 0 aliphatic rings. The first-order chi connectivity index (χ1) is 8.72. The van der Waals surface area contributed by atoms with Crippen molar-refractivity contribution < 1.29 is 9.47 Å². The Bertz CT molecular complexity index is 388. The molecular weight excluding hydrogens is 232 g/mol. The third-order valence-corrected chi connectivity index (χ3v) is 2.52. The van der Waals surface area contributed by atoms with Crippen LogP contribution in [0.1, 0.15) is 12.6 Å². The summed E-state index contributed by atoms with van der Waals surface area (Å²) in [5.74, 6) is 0.718. The first-order valence-electron chi connectivity index (χ1n) is 5.69. The molecule has 1 aromatic heterocycles. The zero-order valence-corrected chi connectivity index (χ0v) is 11.0. The summed E-state index contributed by atoms with van der Waals surface area (Å²) in [7, 11) is 3.32. The van der Waals surface area contributed by atoms with Crippen molar-refractivity contribution in [2.45, 2.75) is 13.0 Å². The van der Waals surface area contributed by atoms with Gasteiger partial charge in [0.05, 0.1) is 31.6 Å². The Morgan fingerprint density at radius 3 is 2.61 bits per heavy atom. The maximum absolute atomic E-state index is 8.70. The van der Waals surface area contributed by atoms with E-state index in [1.807, 2.05) is 17.9 Å². The van der Waals surface area contributed by atoms with E-state index in [0.29, 0.717) is 25.5 Å². The fourth-order valence-corrected chi connectivity index (χ4v) is 1.61. The molecular formula is C12H18N4O2. The lowest BCUT2D eigenvalue weighted by Gasteiger charge is -2.29. The van der Waals surface area contributed by atoms with Crippen molar-refractivity contribution in [2.24, 2.45) is 0 Å². The molecule has 0 aliphatic heterocycles. The minimum atomic E-state index is 0.160. The van der Waals surface area contributed by atoms with Crippen LogP contribution >= 0.6 is 0 Å². The fourth-order valence-electron chi connectivity index (χ4n) is 1.61. The number of hydrogen-bond donors (Lipinski definition) is 0. The van der Waals surface area contributed by atoms with Crippen LogP contribution in [0.25, 0.3) is 0 Å². The summed E-state index contributed by atoms with van der Waals surface area (Å²) in [4.78, 5) is 10.3. The molecule has 1 rings (SSSR count). The smallest absolute Gasteiger partial charge is 0.158 e. The Balaban J connectivity index is 2.83. The van der Waals surface area contributed by atoms with Crippen molar-refractivity contribution in [1.82, 2.24) is 9.97 Å². The van der Waals surface area contributed by atoms with Gasteiger partial charge in [-0.25, -0.2) is 9.97 Å². The highest BCUT2D eigenvalue weighted by molar-refractivity contribution is 5.38. The lowest BCUT2D eigenvalue weighted by molar-refractivity contribution is 0.170. The van der Waals surface area contributed by atoms with Crippen molar-refractivity contribution in [3.05, 3.63) is 18.1 Å². The lowest BCUT2D eigenvalue weighted by atomic mass is 10.3. The van der Waals surface area contributed by atoms with Crippen LogP contribution in [-0.2, 0) is 9.47 Å². The summed E-state index contributed by atoms with van der Waals surface area (Å²) < 4.78 is 10.2. The highest BCUT2D eigenvalue weighted by Crippen LogP contribution is 2.12. The van der Waals surface area contributed by atoms with Gasteiger partial charge in [-0.1, -0.05) is 0 Å². The molecule has 0 aromatic carbocycles. The quantitative estimate of drug-likeness (QED) is 0.714. The van der Waals surface area contributed by atoms with Crippen LogP contribution in [-0.4, -0.2) is 50.0 Å². The van der Waals surface area contributed by atoms with Crippen LogP contribution in [0.4, 0.5) is 5.82 Å². The molecule has 1 heterocycles. The molecule has 0 fully saturated rings. The Labute approximate surface area is 107 Å². The number of aromatic nitrogens is 2. The third kappa shape index (κ3) is 3.95. The van der Waals surface area contributed by atoms with Crippen LogP contribution in [0.2, 0.25) is 0 Å². The number of rotatable bonds is 7. The van der Waals surface area contributed by atoms with Gasteiger partial charge in [0.25, 0.3) is 0 Å². The summed E-state index contributed by atoms with van der Waals surface area (Å²) >= 11 is 0. The van der Waals surface area contributed by atoms with Crippen molar-refractivity contribution in [1.29, 1.82) is 5.26 Å². The van der Waals surface area contributed by atoms with E-state index in [1.165, 1.54) is 6.20 Å². The van der Waals surface area contributed by atoms with E-state index in [0.717, 1.165) is 5.82 Å². The zero-order valence-electron chi connectivity index (χ0n) is 11.0. The van der Waals surface area contributed by atoms with E-state index in [4.69, 9.17) is 14.7 Å². The SMILES string of the molecule is COCCN(c1cnc(C#N)cn1)C(C)COC. The first kappa shape index (κ1) is 14.4. The van der Waals surface area contributed by atoms with Crippen LogP contribution < -0.4 is 4.90 Å². The van der Waals surface area contributed by atoms with Gasteiger partial charge in [-0.15, -0.1) is 0 Å². The average molecular weight is 250 g/mol. The molecule has 0 N–H and O–H groups in total. The molecule has 0 saturated heterocycles. The van der Waals surface area contributed by atoms with Gasteiger partial charge in [-0.3, -0.25) is 0 Å². The predicted octanol–water partition coefficient (Wildman–Crippen LogP) is 0.836. The molecule has 1 aromatic rings. The van der Waals surface area contributed by atoms with Gasteiger partial charge in [0, 0.05) is 20.8 Å². The lowest BCUT2D eigenvalue weighted by Crippen LogP contribution is -2.39. The molecule has 0 aliphatic carbocycles. The molecule has 6 heteroatoms. The maximum Gasteiger partial charge on any atom is 0.158 e. The second-order valence-electron chi connectivity index (χ2n) is 3.86. The summed E-state index contributed by atoms with van der Waals surface area (Å²) in [6, 6.07) is 2.11. The minimum absolute atomic E-state index is 0.160. The molecule has 0 saturated carbocycles. The Morgan fingerprint density at radius 1 is 1.33 bits per heavy atom. The van der Waals surface area contributed by atoms with Crippen molar-refractivity contribution in [3.8, 4) is 6.07 Å². The van der Waals surface area contributed by atoms with Gasteiger partial charge >= 0.3 is 0 Å². The van der Waals surface area contributed by atoms with Crippen LogP contribution in [0.5, 0.6) is 0 Å². The number of methoxy groups -OCH3 is 2. The standard InChI is InChI=1S/C12H18N4O2/c1-10(9-18-3)16(4-5-17-2)12-8-14-11(6-13)7-15-12/h7-8,10H,4-5,9H2,1-3H3. The normalized spacial score (nSPS) is 11.9. The molecule has 1 unspecified atom stereocenters. The van der Waals surface area contributed by atoms with E-state index in [-0.39, 0.29) is 6.04 Å². The second-order valence-corrected chi connectivity index (χ2v) is 3.86. The van der Waals surface area contributed by atoms with E-state index in [1.54, 1.807) is 20.4 Å².